The topological polar surface area (TPSA) is 44.8 Å². The molecule has 4 nitrogen and oxygen atoms in total. The number of rotatable bonds is 8. The summed E-state index contributed by atoms with van der Waals surface area (Å²) >= 11 is 0. The SMILES string of the molecule is CCOC(=O)/C=C/[C@H](C)[C@@H](C)OCc1ccc(OC)cc1. The van der Waals surface area contributed by atoms with E-state index in [4.69, 9.17) is 14.2 Å². The third kappa shape index (κ3) is 6.45. The average Bonchev–Trinajstić information content (AvgIpc) is 2.51. The van der Waals surface area contributed by atoms with E-state index in [2.05, 4.69) is 0 Å². The van der Waals surface area contributed by atoms with Gasteiger partial charge in [-0.2, -0.15) is 0 Å². The zero-order chi connectivity index (χ0) is 15.7. The molecule has 0 saturated heterocycles. The highest BCUT2D eigenvalue weighted by molar-refractivity contribution is 5.81. The fourth-order valence-corrected chi connectivity index (χ4v) is 1.68. The number of hydrogen-bond acceptors (Lipinski definition) is 4. The van der Waals surface area contributed by atoms with E-state index < -0.39 is 0 Å². The van der Waals surface area contributed by atoms with Crippen molar-refractivity contribution in [2.45, 2.75) is 33.5 Å². The fourth-order valence-electron chi connectivity index (χ4n) is 1.68. The second-order valence-corrected chi connectivity index (χ2v) is 4.83. The van der Waals surface area contributed by atoms with Gasteiger partial charge in [0.1, 0.15) is 5.75 Å². The van der Waals surface area contributed by atoms with Crippen molar-refractivity contribution < 1.29 is 19.0 Å². The van der Waals surface area contributed by atoms with Gasteiger partial charge in [0.05, 0.1) is 26.4 Å². The number of benzene rings is 1. The van der Waals surface area contributed by atoms with E-state index in [1.165, 1.54) is 6.08 Å². The van der Waals surface area contributed by atoms with Crippen LogP contribution in [0.25, 0.3) is 0 Å². The van der Waals surface area contributed by atoms with Crippen molar-refractivity contribution in [3.63, 3.8) is 0 Å². The van der Waals surface area contributed by atoms with Gasteiger partial charge in [-0.15, -0.1) is 0 Å². The molecular formula is C17H24O4. The van der Waals surface area contributed by atoms with Crippen molar-refractivity contribution in [3.05, 3.63) is 42.0 Å². The molecule has 0 radical (unpaired) electrons. The van der Waals surface area contributed by atoms with Crippen LogP contribution in [0.15, 0.2) is 36.4 Å². The molecule has 0 fully saturated rings. The van der Waals surface area contributed by atoms with Gasteiger partial charge in [-0.05, 0) is 31.5 Å². The Bertz CT molecular complexity index is 450. The Morgan fingerprint density at radius 2 is 1.90 bits per heavy atom. The van der Waals surface area contributed by atoms with Crippen molar-refractivity contribution in [1.82, 2.24) is 0 Å². The number of esters is 1. The molecule has 21 heavy (non-hydrogen) atoms. The molecule has 1 rings (SSSR count). The van der Waals surface area contributed by atoms with Gasteiger partial charge in [-0.1, -0.05) is 25.1 Å². The molecule has 0 N–H and O–H groups in total. The third-order valence-corrected chi connectivity index (χ3v) is 3.23. The minimum atomic E-state index is -0.313. The Morgan fingerprint density at radius 1 is 1.24 bits per heavy atom. The Morgan fingerprint density at radius 3 is 2.48 bits per heavy atom. The lowest BCUT2D eigenvalue weighted by Gasteiger charge is -2.17. The minimum Gasteiger partial charge on any atom is -0.497 e. The Labute approximate surface area is 126 Å². The summed E-state index contributed by atoms with van der Waals surface area (Å²) in [5.74, 6) is 0.650. The summed E-state index contributed by atoms with van der Waals surface area (Å²) in [5, 5.41) is 0. The van der Waals surface area contributed by atoms with Crippen molar-refractivity contribution in [3.8, 4) is 5.75 Å². The van der Waals surface area contributed by atoms with Crippen molar-refractivity contribution >= 4 is 5.97 Å². The number of carbonyl (C=O) groups excluding carboxylic acids is 1. The zero-order valence-corrected chi connectivity index (χ0v) is 13.2. The van der Waals surface area contributed by atoms with Crippen LogP contribution in [0, 0.1) is 5.92 Å². The Kier molecular flexibility index (Phi) is 7.54. The molecule has 0 heterocycles. The van der Waals surface area contributed by atoms with Crippen LogP contribution in [0.1, 0.15) is 26.3 Å². The number of hydrogen-bond donors (Lipinski definition) is 0. The van der Waals surface area contributed by atoms with Crippen LogP contribution in [0.5, 0.6) is 5.75 Å². The van der Waals surface area contributed by atoms with Crippen LogP contribution >= 0.6 is 0 Å². The zero-order valence-electron chi connectivity index (χ0n) is 13.2. The Hall–Kier alpha value is -1.81. The third-order valence-electron chi connectivity index (χ3n) is 3.23. The van der Waals surface area contributed by atoms with Gasteiger partial charge in [0.25, 0.3) is 0 Å². The van der Waals surface area contributed by atoms with Crippen LogP contribution in [0.2, 0.25) is 0 Å². The first kappa shape index (κ1) is 17.2. The van der Waals surface area contributed by atoms with E-state index in [0.717, 1.165) is 11.3 Å². The molecule has 1 aromatic rings. The van der Waals surface area contributed by atoms with Crippen molar-refractivity contribution in [2.24, 2.45) is 5.92 Å². The molecule has 4 heteroatoms. The highest BCUT2D eigenvalue weighted by Gasteiger charge is 2.10. The van der Waals surface area contributed by atoms with Gasteiger partial charge in [-0.25, -0.2) is 4.79 Å². The molecule has 2 atom stereocenters. The second-order valence-electron chi connectivity index (χ2n) is 4.83. The van der Waals surface area contributed by atoms with E-state index in [9.17, 15) is 4.79 Å². The minimum absolute atomic E-state index is 0.0118. The van der Waals surface area contributed by atoms with E-state index in [1.54, 1.807) is 14.0 Å². The fraction of sp³-hybridized carbons (Fsp3) is 0.471. The van der Waals surface area contributed by atoms with Gasteiger partial charge in [0.2, 0.25) is 0 Å². The van der Waals surface area contributed by atoms with E-state index >= 15 is 0 Å². The molecule has 0 aliphatic heterocycles. The molecule has 1 aromatic carbocycles. The van der Waals surface area contributed by atoms with Gasteiger partial charge < -0.3 is 14.2 Å². The maximum Gasteiger partial charge on any atom is 0.330 e. The lowest BCUT2D eigenvalue weighted by Crippen LogP contribution is -2.16. The average molecular weight is 292 g/mol. The molecule has 0 amide bonds. The lowest BCUT2D eigenvalue weighted by molar-refractivity contribution is -0.137. The van der Waals surface area contributed by atoms with E-state index in [0.29, 0.717) is 13.2 Å². The molecule has 116 valence electrons. The summed E-state index contributed by atoms with van der Waals surface area (Å²) < 4.78 is 15.8. The quantitative estimate of drug-likeness (QED) is 0.544. The number of ether oxygens (including phenoxy) is 3. The van der Waals surface area contributed by atoms with Gasteiger partial charge in [0, 0.05) is 12.0 Å². The number of methoxy groups -OCH3 is 1. The van der Waals surface area contributed by atoms with Crippen molar-refractivity contribution in [2.75, 3.05) is 13.7 Å². The predicted octanol–water partition coefficient (Wildman–Crippen LogP) is 3.36. The van der Waals surface area contributed by atoms with E-state index in [1.807, 2.05) is 44.2 Å². The van der Waals surface area contributed by atoms with Crippen LogP contribution < -0.4 is 4.74 Å². The lowest BCUT2D eigenvalue weighted by atomic mass is 10.1. The molecule has 0 unspecified atom stereocenters. The summed E-state index contributed by atoms with van der Waals surface area (Å²) in [6, 6.07) is 7.77. The number of carbonyl (C=O) groups is 1. The Balaban J connectivity index is 2.41. The summed E-state index contributed by atoms with van der Waals surface area (Å²) in [6.07, 6.45) is 3.29. The van der Waals surface area contributed by atoms with Crippen LogP contribution in [0.4, 0.5) is 0 Å². The predicted molar refractivity (Wildman–Crippen MR) is 82.2 cm³/mol. The monoisotopic (exact) mass is 292 g/mol. The van der Waals surface area contributed by atoms with Crippen LogP contribution in [0.3, 0.4) is 0 Å². The molecule has 0 aliphatic carbocycles. The molecule has 0 bridgehead atoms. The first-order valence-electron chi connectivity index (χ1n) is 7.16. The smallest absolute Gasteiger partial charge is 0.330 e. The normalized spacial score (nSPS) is 13.9. The first-order chi connectivity index (χ1) is 10.1. The summed E-state index contributed by atoms with van der Waals surface area (Å²) in [4.78, 5) is 11.2. The van der Waals surface area contributed by atoms with E-state index in [-0.39, 0.29) is 18.0 Å². The largest absolute Gasteiger partial charge is 0.497 e. The molecule has 0 saturated carbocycles. The summed E-state index contributed by atoms with van der Waals surface area (Å²) in [6.45, 7) is 6.71. The van der Waals surface area contributed by atoms with Gasteiger partial charge in [-0.3, -0.25) is 0 Å². The second kappa shape index (κ2) is 9.19. The maximum atomic E-state index is 11.2. The standard InChI is InChI=1S/C17H24O4/c1-5-20-17(18)11-6-13(2)14(3)21-12-15-7-9-16(19-4)10-8-15/h6-11,13-14H,5,12H2,1-4H3/b11-6+/t13-,14+/m0/s1. The first-order valence-corrected chi connectivity index (χ1v) is 7.16. The van der Waals surface area contributed by atoms with Gasteiger partial charge >= 0.3 is 5.97 Å². The van der Waals surface area contributed by atoms with Gasteiger partial charge in [0.15, 0.2) is 0 Å². The molecular weight excluding hydrogens is 268 g/mol. The van der Waals surface area contributed by atoms with Crippen LogP contribution in [-0.2, 0) is 20.9 Å². The van der Waals surface area contributed by atoms with Crippen molar-refractivity contribution in [1.29, 1.82) is 0 Å². The summed E-state index contributed by atoms with van der Waals surface area (Å²) in [7, 11) is 1.64. The summed E-state index contributed by atoms with van der Waals surface area (Å²) in [5.41, 5.74) is 1.09. The molecule has 0 aliphatic rings. The molecule has 0 spiro atoms. The highest BCUT2D eigenvalue weighted by Crippen LogP contribution is 2.15. The maximum absolute atomic E-state index is 11.2. The molecule has 0 aromatic heterocycles. The highest BCUT2D eigenvalue weighted by atomic mass is 16.5. The van der Waals surface area contributed by atoms with Crippen LogP contribution in [-0.4, -0.2) is 25.8 Å².